The zero-order valence-electron chi connectivity index (χ0n) is 12.8. The predicted octanol–water partition coefficient (Wildman–Crippen LogP) is 3.05. The number of aryl methyl sites for hydroxylation is 2. The molecule has 0 spiro atoms. The van der Waals surface area contributed by atoms with Crippen molar-refractivity contribution in [3.8, 4) is 0 Å². The lowest BCUT2D eigenvalue weighted by Gasteiger charge is -2.31. The van der Waals surface area contributed by atoms with Crippen LogP contribution in [0, 0.1) is 12.8 Å². The summed E-state index contributed by atoms with van der Waals surface area (Å²) in [5.74, 6) is -0.109. The van der Waals surface area contributed by atoms with Gasteiger partial charge in [-0.25, -0.2) is 0 Å². The van der Waals surface area contributed by atoms with Gasteiger partial charge in [0.05, 0.1) is 15.9 Å². The van der Waals surface area contributed by atoms with Crippen LogP contribution >= 0.6 is 15.9 Å². The second-order valence-corrected chi connectivity index (χ2v) is 6.61. The molecule has 5 nitrogen and oxygen atoms in total. The van der Waals surface area contributed by atoms with Crippen molar-refractivity contribution in [2.75, 3.05) is 13.1 Å². The summed E-state index contributed by atoms with van der Waals surface area (Å²) < 4.78 is 3.19. The number of nitrogens with zero attached hydrogens (tertiary/aromatic N) is 3. The summed E-state index contributed by atoms with van der Waals surface area (Å²) in [6.07, 6.45) is 3.32. The molecule has 0 aliphatic carbocycles. The highest BCUT2D eigenvalue weighted by Crippen LogP contribution is 2.26. The van der Waals surface area contributed by atoms with Crippen molar-refractivity contribution in [2.45, 2.75) is 52.6 Å². The van der Waals surface area contributed by atoms with E-state index in [0.29, 0.717) is 12.3 Å². The van der Waals surface area contributed by atoms with Gasteiger partial charge in [-0.15, -0.1) is 0 Å². The van der Waals surface area contributed by atoms with Crippen LogP contribution in [0.1, 0.15) is 44.0 Å². The molecule has 0 atom stereocenters. The first-order valence-corrected chi connectivity index (χ1v) is 8.46. The van der Waals surface area contributed by atoms with E-state index < -0.39 is 5.97 Å². The maximum atomic E-state index is 10.6. The molecule has 118 valence electrons. The Balaban J connectivity index is 1.87. The fourth-order valence-electron chi connectivity index (χ4n) is 2.99. The fraction of sp³-hybridized carbons (Fsp3) is 0.733. The van der Waals surface area contributed by atoms with E-state index in [9.17, 15) is 4.79 Å². The van der Waals surface area contributed by atoms with Gasteiger partial charge in [0.25, 0.3) is 0 Å². The summed E-state index contributed by atoms with van der Waals surface area (Å²) in [6.45, 7) is 8.03. The lowest BCUT2D eigenvalue weighted by molar-refractivity contribution is -0.137. The number of carboxylic acids is 1. The van der Waals surface area contributed by atoms with E-state index in [1.807, 2.05) is 6.92 Å². The van der Waals surface area contributed by atoms with E-state index in [4.69, 9.17) is 5.11 Å². The highest BCUT2D eigenvalue weighted by Gasteiger charge is 2.22. The molecule has 0 aromatic carbocycles. The van der Waals surface area contributed by atoms with E-state index in [2.05, 4.69) is 37.5 Å². The topological polar surface area (TPSA) is 58.4 Å². The SMILES string of the molecule is CCn1nc(C)c(Br)c1CN1CCC(CCC(=O)O)CC1. The maximum Gasteiger partial charge on any atom is 0.303 e. The Kier molecular flexibility index (Phi) is 5.81. The van der Waals surface area contributed by atoms with Gasteiger partial charge in [-0.05, 0) is 68.0 Å². The van der Waals surface area contributed by atoms with Gasteiger partial charge in [-0.3, -0.25) is 14.4 Å². The molecule has 2 heterocycles. The Bertz CT molecular complexity index is 493. The number of rotatable bonds is 6. The molecule has 1 aliphatic heterocycles. The van der Waals surface area contributed by atoms with E-state index in [1.165, 1.54) is 5.69 Å². The average molecular weight is 358 g/mol. The Labute approximate surface area is 134 Å². The third-order valence-corrected chi connectivity index (χ3v) is 5.33. The molecule has 0 bridgehead atoms. The van der Waals surface area contributed by atoms with Gasteiger partial charge in [0, 0.05) is 19.5 Å². The predicted molar refractivity (Wildman–Crippen MR) is 85.2 cm³/mol. The maximum absolute atomic E-state index is 10.6. The fourth-order valence-corrected chi connectivity index (χ4v) is 3.40. The molecule has 0 amide bonds. The molecule has 0 radical (unpaired) electrons. The van der Waals surface area contributed by atoms with Gasteiger partial charge >= 0.3 is 5.97 Å². The smallest absolute Gasteiger partial charge is 0.303 e. The van der Waals surface area contributed by atoms with E-state index in [0.717, 1.165) is 55.6 Å². The minimum absolute atomic E-state index is 0.304. The summed E-state index contributed by atoms with van der Waals surface area (Å²) in [7, 11) is 0. The Morgan fingerprint density at radius 1 is 1.43 bits per heavy atom. The van der Waals surface area contributed by atoms with Crippen molar-refractivity contribution in [1.82, 2.24) is 14.7 Å². The number of halogens is 1. The van der Waals surface area contributed by atoms with Crippen LogP contribution in [0.4, 0.5) is 0 Å². The highest BCUT2D eigenvalue weighted by atomic mass is 79.9. The highest BCUT2D eigenvalue weighted by molar-refractivity contribution is 9.10. The first kappa shape index (κ1) is 16.5. The van der Waals surface area contributed by atoms with Crippen molar-refractivity contribution in [3.05, 3.63) is 15.9 Å². The zero-order valence-corrected chi connectivity index (χ0v) is 14.4. The van der Waals surface area contributed by atoms with Crippen molar-refractivity contribution in [1.29, 1.82) is 0 Å². The minimum atomic E-state index is -0.677. The first-order chi connectivity index (χ1) is 10.0. The molecule has 6 heteroatoms. The second kappa shape index (κ2) is 7.40. The average Bonchev–Trinajstić information content (AvgIpc) is 2.74. The number of likely N-dealkylation sites (tertiary alicyclic amines) is 1. The van der Waals surface area contributed by atoms with Crippen LogP contribution in [-0.4, -0.2) is 38.8 Å². The number of hydrogen-bond acceptors (Lipinski definition) is 3. The molecule has 1 aromatic rings. The number of aliphatic carboxylic acids is 1. The summed E-state index contributed by atoms with van der Waals surface area (Å²) in [5, 5.41) is 13.3. The van der Waals surface area contributed by atoms with Crippen LogP contribution in [0.3, 0.4) is 0 Å². The molecule has 21 heavy (non-hydrogen) atoms. The molecule has 1 aliphatic rings. The number of carboxylic acid groups (broad SMARTS) is 1. The van der Waals surface area contributed by atoms with Gasteiger partial charge in [-0.1, -0.05) is 0 Å². The molecule has 1 fully saturated rings. The molecule has 1 aromatic heterocycles. The summed E-state index contributed by atoms with van der Waals surface area (Å²) in [5.41, 5.74) is 2.29. The summed E-state index contributed by atoms with van der Waals surface area (Å²) in [6, 6.07) is 0. The van der Waals surface area contributed by atoms with E-state index in [-0.39, 0.29) is 0 Å². The third kappa shape index (κ3) is 4.30. The van der Waals surface area contributed by atoms with Crippen molar-refractivity contribution < 1.29 is 9.90 Å². The third-order valence-electron chi connectivity index (χ3n) is 4.30. The molecule has 0 saturated carbocycles. The molecule has 1 N–H and O–H groups in total. The number of hydrogen-bond donors (Lipinski definition) is 1. The van der Waals surface area contributed by atoms with Crippen LogP contribution in [0.2, 0.25) is 0 Å². The van der Waals surface area contributed by atoms with Crippen molar-refractivity contribution in [2.24, 2.45) is 5.92 Å². The van der Waals surface area contributed by atoms with E-state index >= 15 is 0 Å². The van der Waals surface area contributed by atoms with Crippen molar-refractivity contribution >= 4 is 21.9 Å². The van der Waals surface area contributed by atoms with E-state index in [1.54, 1.807) is 0 Å². The number of carbonyl (C=O) groups is 1. The largest absolute Gasteiger partial charge is 0.481 e. The van der Waals surface area contributed by atoms with Crippen LogP contribution < -0.4 is 0 Å². The Morgan fingerprint density at radius 3 is 2.67 bits per heavy atom. The number of aromatic nitrogens is 2. The molecule has 2 rings (SSSR count). The summed E-state index contributed by atoms with van der Waals surface area (Å²) in [4.78, 5) is 13.1. The lowest BCUT2D eigenvalue weighted by atomic mass is 9.92. The van der Waals surface area contributed by atoms with Crippen LogP contribution in [0.25, 0.3) is 0 Å². The quantitative estimate of drug-likeness (QED) is 0.849. The second-order valence-electron chi connectivity index (χ2n) is 5.81. The first-order valence-electron chi connectivity index (χ1n) is 7.67. The molecule has 1 saturated heterocycles. The van der Waals surface area contributed by atoms with Crippen LogP contribution in [0.15, 0.2) is 4.47 Å². The van der Waals surface area contributed by atoms with Crippen LogP contribution in [0.5, 0.6) is 0 Å². The lowest BCUT2D eigenvalue weighted by Crippen LogP contribution is -2.34. The Morgan fingerprint density at radius 2 is 2.10 bits per heavy atom. The molecule has 0 unspecified atom stereocenters. The van der Waals surface area contributed by atoms with Crippen LogP contribution in [-0.2, 0) is 17.9 Å². The van der Waals surface area contributed by atoms with Gasteiger partial charge in [-0.2, -0.15) is 5.10 Å². The standard InChI is InChI=1S/C15H24BrN3O2/c1-3-19-13(15(16)11(2)17-19)10-18-8-6-12(7-9-18)4-5-14(20)21/h12H,3-10H2,1-2H3,(H,20,21). The van der Waals surface area contributed by atoms with Gasteiger partial charge in [0.1, 0.15) is 0 Å². The minimum Gasteiger partial charge on any atom is -0.481 e. The van der Waals surface area contributed by atoms with Crippen molar-refractivity contribution in [3.63, 3.8) is 0 Å². The monoisotopic (exact) mass is 357 g/mol. The number of piperidine rings is 1. The van der Waals surface area contributed by atoms with Gasteiger partial charge in [0.2, 0.25) is 0 Å². The van der Waals surface area contributed by atoms with Gasteiger partial charge in [0.15, 0.2) is 0 Å². The normalized spacial score (nSPS) is 17.3. The zero-order chi connectivity index (χ0) is 15.4. The van der Waals surface area contributed by atoms with Gasteiger partial charge < -0.3 is 5.11 Å². The molecular formula is C15H24BrN3O2. The summed E-state index contributed by atoms with van der Waals surface area (Å²) >= 11 is 3.65. The Hall–Kier alpha value is -0.880. The molecular weight excluding hydrogens is 334 g/mol.